The van der Waals surface area contributed by atoms with Crippen molar-refractivity contribution in [2.24, 2.45) is 5.41 Å². The monoisotopic (exact) mass is 384 g/mol. The highest BCUT2D eigenvalue weighted by atomic mass is 19.1. The van der Waals surface area contributed by atoms with Crippen molar-refractivity contribution in [2.45, 2.75) is 19.3 Å². The molecule has 0 aromatic heterocycles. The number of fused-ring (bicyclic) bond motifs is 1. The van der Waals surface area contributed by atoms with Gasteiger partial charge in [-0.1, -0.05) is 12.1 Å². The van der Waals surface area contributed by atoms with E-state index in [1.807, 2.05) is 0 Å². The number of hydrogen-bond donors (Lipinski definition) is 2. The van der Waals surface area contributed by atoms with E-state index in [4.69, 9.17) is 9.47 Å². The van der Waals surface area contributed by atoms with Crippen molar-refractivity contribution in [3.8, 4) is 11.5 Å². The second-order valence-corrected chi connectivity index (χ2v) is 7.03. The molecule has 4 rings (SSSR count). The minimum absolute atomic E-state index is 0.273. The van der Waals surface area contributed by atoms with Crippen molar-refractivity contribution >= 4 is 17.5 Å². The minimum atomic E-state index is -1.02. The molecule has 0 bridgehead atoms. The highest BCUT2D eigenvalue weighted by molar-refractivity contribution is 6.13. The molecular formula is C21H21FN2O4. The first-order valence-electron chi connectivity index (χ1n) is 9.31. The molecule has 0 unspecified atom stereocenters. The summed E-state index contributed by atoms with van der Waals surface area (Å²) in [5, 5.41) is 5.64. The number of benzene rings is 2. The van der Waals surface area contributed by atoms with Crippen LogP contribution in [0, 0.1) is 11.2 Å². The molecule has 2 amide bonds. The van der Waals surface area contributed by atoms with Crippen LogP contribution in [0.5, 0.6) is 11.5 Å². The molecule has 1 saturated carbocycles. The van der Waals surface area contributed by atoms with Crippen molar-refractivity contribution in [3.05, 3.63) is 53.8 Å². The Hall–Kier alpha value is -3.09. The van der Waals surface area contributed by atoms with E-state index in [0.717, 1.165) is 5.56 Å². The zero-order chi connectivity index (χ0) is 19.6. The summed E-state index contributed by atoms with van der Waals surface area (Å²) in [5.41, 5.74) is 0.475. The van der Waals surface area contributed by atoms with Crippen molar-refractivity contribution in [1.82, 2.24) is 5.32 Å². The Morgan fingerprint density at radius 3 is 2.39 bits per heavy atom. The van der Waals surface area contributed by atoms with Crippen LogP contribution in [-0.4, -0.2) is 31.6 Å². The standard InChI is InChI=1S/C21H21FN2O4/c22-15-3-1-14(2-4-15)7-10-23-19(25)21(8-9-21)20(26)24-16-5-6-17-18(13-16)28-12-11-27-17/h1-6,13H,7-12H2,(H,23,25)(H,24,26). The quantitative estimate of drug-likeness (QED) is 0.751. The first-order chi connectivity index (χ1) is 13.6. The topological polar surface area (TPSA) is 76.7 Å². The molecule has 7 heteroatoms. The van der Waals surface area contributed by atoms with Crippen LogP contribution >= 0.6 is 0 Å². The zero-order valence-electron chi connectivity index (χ0n) is 15.3. The van der Waals surface area contributed by atoms with Crippen molar-refractivity contribution in [2.75, 3.05) is 25.1 Å². The van der Waals surface area contributed by atoms with Crippen LogP contribution in [0.4, 0.5) is 10.1 Å². The van der Waals surface area contributed by atoms with Crippen LogP contribution in [0.25, 0.3) is 0 Å². The third-order valence-electron chi connectivity index (χ3n) is 5.03. The van der Waals surface area contributed by atoms with Gasteiger partial charge in [-0.2, -0.15) is 0 Å². The number of amides is 2. The molecule has 6 nitrogen and oxygen atoms in total. The Bertz CT molecular complexity index is 894. The van der Waals surface area contributed by atoms with Gasteiger partial charge >= 0.3 is 0 Å². The summed E-state index contributed by atoms with van der Waals surface area (Å²) in [7, 11) is 0. The van der Waals surface area contributed by atoms with Crippen molar-refractivity contribution < 1.29 is 23.5 Å². The Kier molecular flexibility index (Phi) is 4.90. The van der Waals surface area contributed by atoms with Gasteiger partial charge in [0.05, 0.1) is 0 Å². The van der Waals surface area contributed by atoms with Gasteiger partial charge in [0, 0.05) is 18.3 Å². The smallest absolute Gasteiger partial charge is 0.240 e. The predicted molar refractivity (Wildman–Crippen MR) is 101 cm³/mol. The van der Waals surface area contributed by atoms with Gasteiger partial charge in [-0.3, -0.25) is 9.59 Å². The number of anilines is 1. The summed E-state index contributed by atoms with van der Waals surface area (Å²) in [4.78, 5) is 25.3. The predicted octanol–water partition coefficient (Wildman–Crippen LogP) is 2.67. The average Bonchev–Trinajstić information content (AvgIpc) is 3.51. The minimum Gasteiger partial charge on any atom is -0.486 e. The van der Waals surface area contributed by atoms with E-state index in [1.165, 1.54) is 12.1 Å². The molecule has 0 spiro atoms. The molecule has 1 aliphatic carbocycles. The van der Waals surface area contributed by atoms with Gasteiger partial charge in [0.15, 0.2) is 11.5 Å². The van der Waals surface area contributed by atoms with E-state index in [9.17, 15) is 14.0 Å². The van der Waals surface area contributed by atoms with Crippen molar-refractivity contribution in [1.29, 1.82) is 0 Å². The van der Waals surface area contributed by atoms with E-state index in [-0.39, 0.29) is 17.6 Å². The number of carbonyl (C=O) groups excluding carboxylic acids is 2. The number of rotatable bonds is 6. The van der Waals surface area contributed by atoms with Crippen LogP contribution in [0.3, 0.4) is 0 Å². The normalized spacial score (nSPS) is 16.2. The first kappa shape index (κ1) is 18.3. The lowest BCUT2D eigenvalue weighted by molar-refractivity contribution is -0.134. The largest absolute Gasteiger partial charge is 0.486 e. The van der Waals surface area contributed by atoms with Gasteiger partial charge in [0.1, 0.15) is 24.4 Å². The number of carbonyl (C=O) groups is 2. The van der Waals surface area contributed by atoms with E-state index in [1.54, 1.807) is 30.3 Å². The second kappa shape index (κ2) is 7.50. The molecule has 1 heterocycles. The molecule has 146 valence electrons. The first-order valence-corrected chi connectivity index (χ1v) is 9.31. The third-order valence-corrected chi connectivity index (χ3v) is 5.03. The molecule has 1 aliphatic heterocycles. The van der Waals surface area contributed by atoms with E-state index < -0.39 is 5.41 Å². The molecule has 2 aromatic rings. The number of halogens is 1. The Balaban J connectivity index is 1.33. The Morgan fingerprint density at radius 1 is 0.964 bits per heavy atom. The Labute approximate surface area is 162 Å². The maximum atomic E-state index is 12.9. The third kappa shape index (κ3) is 3.78. The summed E-state index contributed by atoms with van der Waals surface area (Å²) in [6.07, 6.45) is 1.61. The van der Waals surface area contributed by atoms with Gasteiger partial charge in [0.2, 0.25) is 11.8 Å². The van der Waals surface area contributed by atoms with E-state index in [0.29, 0.717) is 56.2 Å². The van der Waals surface area contributed by atoms with Gasteiger partial charge in [-0.05, 0) is 49.1 Å². The lowest BCUT2D eigenvalue weighted by Gasteiger charge is -2.20. The summed E-state index contributed by atoms with van der Waals surface area (Å²) in [5.74, 6) is 0.343. The number of nitrogens with one attached hydrogen (secondary N) is 2. The summed E-state index contributed by atoms with van der Waals surface area (Å²) >= 11 is 0. The molecule has 28 heavy (non-hydrogen) atoms. The van der Waals surface area contributed by atoms with Crippen LogP contribution in [0.2, 0.25) is 0 Å². The molecule has 1 fully saturated rings. The Morgan fingerprint density at radius 2 is 1.68 bits per heavy atom. The lowest BCUT2D eigenvalue weighted by atomic mass is 10.0. The summed E-state index contributed by atoms with van der Waals surface area (Å²) in [6.45, 7) is 1.36. The van der Waals surface area contributed by atoms with E-state index in [2.05, 4.69) is 10.6 Å². The fourth-order valence-corrected chi connectivity index (χ4v) is 3.19. The molecule has 2 aliphatic rings. The number of hydrogen-bond acceptors (Lipinski definition) is 4. The van der Waals surface area contributed by atoms with Gasteiger partial charge in [-0.25, -0.2) is 4.39 Å². The highest BCUT2D eigenvalue weighted by Gasteiger charge is 2.56. The van der Waals surface area contributed by atoms with E-state index >= 15 is 0 Å². The second-order valence-electron chi connectivity index (χ2n) is 7.03. The fraction of sp³-hybridized carbons (Fsp3) is 0.333. The zero-order valence-corrected chi connectivity index (χ0v) is 15.3. The lowest BCUT2D eigenvalue weighted by Crippen LogP contribution is -2.40. The van der Waals surface area contributed by atoms with Gasteiger partial charge < -0.3 is 20.1 Å². The summed E-state index contributed by atoms with van der Waals surface area (Å²) < 4.78 is 23.9. The maximum absolute atomic E-state index is 12.9. The van der Waals surface area contributed by atoms with Crippen LogP contribution < -0.4 is 20.1 Å². The SMILES string of the molecule is O=C(NCCc1ccc(F)cc1)C1(C(=O)Nc2ccc3c(c2)OCCO3)CC1. The average molecular weight is 384 g/mol. The molecule has 0 saturated heterocycles. The molecule has 0 atom stereocenters. The van der Waals surface area contributed by atoms with Crippen LogP contribution in [0.15, 0.2) is 42.5 Å². The van der Waals surface area contributed by atoms with Gasteiger partial charge in [0.25, 0.3) is 0 Å². The molecule has 2 aromatic carbocycles. The molecular weight excluding hydrogens is 363 g/mol. The van der Waals surface area contributed by atoms with Gasteiger partial charge in [-0.15, -0.1) is 0 Å². The highest BCUT2D eigenvalue weighted by Crippen LogP contribution is 2.47. The fourth-order valence-electron chi connectivity index (χ4n) is 3.19. The number of ether oxygens (including phenoxy) is 2. The van der Waals surface area contributed by atoms with Crippen LogP contribution in [-0.2, 0) is 16.0 Å². The van der Waals surface area contributed by atoms with Crippen LogP contribution in [0.1, 0.15) is 18.4 Å². The maximum Gasteiger partial charge on any atom is 0.240 e. The summed E-state index contributed by atoms with van der Waals surface area (Å²) in [6, 6.07) is 11.3. The van der Waals surface area contributed by atoms with Crippen molar-refractivity contribution in [3.63, 3.8) is 0 Å². The molecule has 0 radical (unpaired) electrons. The molecule has 2 N–H and O–H groups in total.